The number of amides is 1. The van der Waals surface area contributed by atoms with E-state index in [0.717, 1.165) is 49.6 Å². The van der Waals surface area contributed by atoms with Gasteiger partial charge in [-0.3, -0.25) is 4.79 Å². The molecule has 0 fully saturated rings. The molecule has 0 radical (unpaired) electrons. The fourth-order valence-corrected chi connectivity index (χ4v) is 5.69. The summed E-state index contributed by atoms with van der Waals surface area (Å²) in [4.78, 5) is 12.5. The number of allylic oxidation sites excluding steroid dienone is 1. The summed E-state index contributed by atoms with van der Waals surface area (Å²) >= 11 is 1.29. The quantitative estimate of drug-likeness (QED) is 0.393. The van der Waals surface area contributed by atoms with Crippen molar-refractivity contribution in [1.82, 2.24) is 10.3 Å². The fourth-order valence-electron chi connectivity index (χ4n) is 4.26. The molecule has 1 aliphatic heterocycles. The van der Waals surface area contributed by atoms with Crippen LogP contribution in [0.5, 0.6) is 0 Å². The number of methoxy groups -OCH3 is 1. The van der Waals surface area contributed by atoms with Gasteiger partial charge in [-0.15, -0.1) is 0 Å². The molecule has 5 nitrogen and oxygen atoms in total. The Bertz CT molecular complexity index is 1080. The third-order valence-electron chi connectivity index (χ3n) is 6.20. The van der Waals surface area contributed by atoms with Crippen LogP contribution in [-0.4, -0.2) is 41.8 Å². The molecular formula is C26H29F2N3O2S. The lowest BCUT2D eigenvalue weighted by Crippen LogP contribution is -2.46. The molecule has 34 heavy (non-hydrogen) atoms. The highest BCUT2D eigenvalue weighted by atomic mass is 32.2. The normalized spacial score (nSPS) is 22.8. The molecule has 0 aromatic heterocycles. The van der Waals surface area contributed by atoms with Gasteiger partial charge in [-0.05, 0) is 62.9 Å². The molecule has 4 rings (SSSR count). The van der Waals surface area contributed by atoms with Crippen molar-refractivity contribution in [2.45, 2.75) is 49.6 Å². The van der Waals surface area contributed by atoms with Crippen molar-refractivity contribution in [2.75, 3.05) is 13.7 Å². The van der Waals surface area contributed by atoms with Gasteiger partial charge in [0.05, 0.1) is 0 Å². The van der Waals surface area contributed by atoms with Gasteiger partial charge >= 0.3 is 0 Å². The van der Waals surface area contributed by atoms with Crippen LogP contribution in [0.15, 0.2) is 65.8 Å². The molecule has 0 saturated heterocycles. The van der Waals surface area contributed by atoms with Gasteiger partial charge in [0.2, 0.25) is 0 Å². The van der Waals surface area contributed by atoms with Crippen molar-refractivity contribution in [3.8, 4) is 0 Å². The molecule has 180 valence electrons. The Morgan fingerprint density at radius 3 is 2.79 bits per heavy atom. The van der Waals surface area contributed by atoms with E-state index in [1.807, 2.05) is 30.3 Å². The zero-order chi connectivity index (χ0) is 24.1. The maximum Gasteiger partial charge on any atom is 0.273 e. The summed E-state index contributed by atoms with van der Waals surface area (Å²) < 4.78 is 34.0. The Hall–Kier alpha value is -2.55. The smallest absolute Gasteiger partial charge is 0.273 e. The van der Waals surface area contributed by atoms with Gasteiger partial charge in [0.25, 0.3) is 5.91 Å². The minimum Gasteiger partial charge on any atom is -0.372 e. The van der Waals surface area contributed by atoms with Gasteiger partial charge in [-0.2, -0.15) is 5.10 Å². The van der Waals surface area contributed by atoms with E-state index >= 15 is 0 Å². The summed E-state index contributed by atoms with van der Waals surface area (Å²) in [5.41, 5.74) is 0.910. The second-order valence-corrected chi connectivity index (χ2v) is 9.75. The first-order chi connectivity index (χ1) is 16.4. The van der Waals surface area contributed by atoms with Gasteiger partial charge in [-0.1, -0.05) is 54.2 Å². The lowest BCUT2D eigenvalue weighted by molar-refractivity contribution is -0.144. The monoisotopic (exact) mass is 485 g/mol. The van der Waals surface area contributed by atoms with E-state index in [2.05, 4.69) is 22.6 Å². The predicted molar refractivity (Wildman–Crippen MR) is 131 cm³/mol. The second-order valence-electron chi connectivity index (χ2n) is 8.48. The summed E-state index contributed by atoms with van der Waals surface area (Å²) in [6, 6.07) is 13.2. The molecule has 0 bridgehead atoms. The molecule has 1 aliphatic carbocycles. The third kappa shape index (κ3) is 5.09. The van der Waals surface area contributed by atoms with E-state index < -0.39 is 22.6 Å². The minimum absolute atomic E-state index is 0.0416. The first-order valence-corrected chi connectivity index (χ1v) is 12.3. The van der Waals surface area contributed by atoms with Gasteiger partial charge in [0.1, 0.15) is 27.7 Å². The SMILES string of the molecule is CO[C@@H](C)C(=O)N1N=C(c2cc(F)ccc2F)SC1(CCCNC1C=CCC1)c1ccccc1. The van der Waals surface area contributed by atoms with Crippen molar-refractivity contribution in [3.05, 3.63) is 83.4 Å². The summed E-state index contributed by atoms with van der Waals surface area (Å²) in [7, 11) is 1.46. The molecular weight excluding hydrogens is 456 g/mol. The average Bonchev–Trinajstić information content (AvgIpc) is 3.52. The largest absolute Gasteiger partial charge is 0.372 e. The van der Waals surface area contributed by atoms with Crippen molar-refractivity contribution < 1.29 is 18.3 Å². The van der Waals surface area contributed by atoms with E-state index in [4.69, 9.17) is 4.74 Å². The highest BCUT2D eigenvalue weighted by Crippen LogP contribution is 2.50. The number of thioether (sulfide) groups is 1. The third-order valence-corrected chi connectivity index (χ3v) is 7.65. The highest BCUT2D eigenvalue weighted by Gasteiger charge is 2.49. The lowest BCUT2D eigenvalue weighted by atomic mass is 9.99. The Kier molecular flexibility index (Phi) is 7.80. The number of halogens is 2. The van der Waals surface area contributed by atoms with Crippen LogP contribution in [0.25, 0.3) is 0 Å². The van der Waals surface area contributed by atoms with Crippen molar-refractivity contribution in [3.63, 3.8) is 0 Å². The molecule has 1 N–H and O–H groups in total. The molecule has 1 amide bonds. The van der Waals surface area contributed by atoms with Crippen LogP contribution in [0, 0.1) is 11.6 Å². The lowest BCUT2D eigenvalue weighted by Gasteiger charge is -2.37. The number of rotatable bonds is 9. The van der Waals surface area contributed by atoms with Crippen LogP contribution < -0.4 is 5.32 Å². The summed E-state index contributed by atoms with van der Waals surface area (Å²) in [6.45, 7) is 2.42. The Labute approximate surface area is 203 Å². The maximum absolute atomic E-state index is 14.7. The Morgan fingerprint density at radius 1 is 1.29 bits per heavy atom. The summed E-state index contributed by atoms with van der Waals surface area (Å²) in [6.07, 6.45) is 7.10. The number of ether oxygens (including phenoxy) is 1. The number of hydrogen-bond donors (Lipinski definition) is 1. The summed E-state index contributed by atoms with van der Waals surface area (Å²) in [5.74, 6) is -1.48. The van der Waals surface area contributed by atoms with Crippen LogP contribution in [0.2, 0.25) is 0 Å². The van der Waals surface area contributed by atoms with Crippen molar-refractivity contribution in [2.24, 2.45) is 5.10 Å². The van der Waals surface area contributed by atoms with Crippen LogP contribution in [0.3, 0.4) is 0 Å². The van der Waals surface area contributed by atoms with Crippen LogP contribution in [0.1, 0.15) is 43.7 Å². The topological polar surface area (TPSA) is 53.9 Å². The molecule has 8 heteroatoms. The Balaban J connectivity index is 1.69. The number of nitrogens with one attached hydrogen (secondary N) is 1. The standard InChI is InChI=1S/C26H29F2N3O2S/c1-18(33-2)25(32)31-26(19-9-4-3-5-10-19,15-8-16-29-21-11-6-7-12-21)34-24(30-31)22-17-20(27)13-14-23(22)28/h3-6,9-11,13-14,17-18,21,29H,7-8,12,15-16H2,1-2H3/t18-,21?,26?/m0/s1. The number of nitrogens with zero attached hydrogens (tertiary/aromatic N) is 2. The first-order valence-electron chi connectivity index (χ1n) is 11.5. The molecule has 0 saturated carbocycles. The zero-order valence-electron chi connectivity index (χ0n) is 19.3. The average molecular weight is 486 g/mol. The first kappa shape index (κ1) is 24.6. The van der Waals surface area contributed by atoms with E-state index in [9.17, 15) is 13.6 Å². The molecule has 2 aromatic rings. The van der Waals surface area contributed by atoms with Crippen LogP contribution >= 0.6 is 11.8 Å². The molecule has 2 aromatic carbocycles. The van der Waals surface area contributed by atoms with Crippen molar-refractivity contribution >= 4 is 22.7 Å². The van der Waals surface area contributed by atoms with E-state index in [-0.39, 0.29) is 16.5 Å². The number of hydrazone groups is 1. The second kappa shape index (κ2) is 10.8. The van der Waals surface area contributed by atoms with E-state index in [0.29, 0.717) is 12.5 Å². The number of benzene rings is 2. The van der Waals surface area contributed by atoms with Gasteiger partial charge < -0.3 is 10.1 Å². The molecule has 2 aliphatic rings. The molecule has 0 spiro atoms. The Morgan fingerprint density at radius 2 is 2.09 bits per heavy atom. The van der Waals surface area contributed by atoms with E-state index in [1.165, 1.54) is 23.9 Å². The van der Waals surface area contributed by atoms with Crippen molar-refractivity contribution in [1.29, 1.82) is 0 Å². The minimum atomic E-state index is -0.910. The van der Waals surface area contributed by atoms with Gasteiger partial charge in [-0.25, -0.2) is 13.8 Å². The van der Waals surface area contributed by atoms with Crippen LogP contribution in [-0.2, 0) is 14.4 Å². The van der Waals surface area contributed by atoms with Crippen LogP contribution in [0.4, 0.5) is 8.78 Å². The predicted octanol–water partition coefficient (Wildman–Crippen LogP) is 5.18. The maximum atomic E-state index is 14.7. The number of carbonyl (C=O) groups excluding carboxylic acids is 1. The van der Waals surface area contributed by atoms with Gasteiger partial charge in [0.15, 0.2) is 0 Å². The molecule has 2 unspecified atom stereocenters. The zero-order valence-corrected chi connectivity index (χ0v) is 20.2. The molecule has 3 atom stereocenters. The van der Waals surface area contributed by atoms with E-state index in [1.54, 1.807) is 6.92 Å². The summed E-state index contributed by atoms with van der Waals surface area (Å²) in [5, 5.41) is 9.78. The number of carbonyl (C=O) groups is 1. The molecule has 1 heterocycles. The number of hydrogen-bond acceptors (Lipinski definition) is 5. The fraction of sp³-hybridized carbons (Fsp3) is 0.385. The highest BCUT2D eigenvalue weighted by molar-refractivity contribution is 8.15. The van der Waals surface area contributed by atoms with Gasteiger partial charge in [0, 0.05) is 18.7 Å².